The molecule has 7 nitrogen and oxygen atoms in total. The van der Waals surface area contributed by atoms with Gasteiger partial charge >= 0.3 is 0 Å². The maximum Gasteiger partial charge on any atom is 0.253 e. The molecule has 3 aromatic rings. The number of anilines is 2. The Morgan fingerprint density at radius 1 is 0.914 bits per heavy atom. The fourth-order valence-corrected chi connectivity index (χ4v) is 6.16. The average Bonchev–Trinajstić information content (AvgIpc) is 2.82. The molecule has 1 atom stereocenters. The lowest BCUT2D eigenvalue weighted by atomic mass is 9.59. The van der Waals surface area contributed by atoms with Gasteiger partial charge < -0.3 is 10.6 Å². The summed E-state index contributed by atoms with van der Waals surface area (Å²) < 4.78 is 26.1. The number of amides is 2. The van der Waals surface area contributed by atoms with Crippen molar-refractivity contribution in [2.45, 2.75) is 25.2 Å². The van der Waals surface area contributed by atoms with Crippen LogP contribution >= 0.6 is 0 Å². The van der Waals surface area contributed by atoms with E-state index in [4.69, 9.17) is 0 Å². The Hall–Kier alpha value is -3.65. The first-order valence-electron chi connectivity index (χ1n) is 11.6. The van der Waals surface area contributed by atoms with Crippen molar-refractivity contribution >= 4 is 33.2 Å². The first kappa shape index (κ1) is 23.1. The van der Waals surface area contributed by atoms with E-state index < -0.39 is 15.9 Å². The fourth-order valence-electron chi connectivity index (χ4n) is 5.58. The highest BCUT2D eigenvalue weighted by atomic mass is 32.2. The summed E-state index contributed by atoms with van der Waals surface area (Å²) in [7, 11) is -3.60. The Morgan fingerprint density at radius 3 is 2.09 bits per heavy atom. The minimum absolute atomic E-state index is 0.156. The van der Waals surface area contributed by atoms with Gasteiger partial charge in [0.1, 0.15) is 0 Å². The van der Waals surface area contributed by atoms with Crippen molar-refractivity contribution < 1.29 is 18.0 Å². The van der Waals surface area contributed by atoms with Gasteiger partial charge in [-0.3, -0.25) is 14.3 Å². The molecular weight excluding hydrogens is 462 g/mol. The van der Waals surface area contributed by atoms with Crippen molar-refractivity contribution in [2.24, 2.45) is 5.92 Å². The van der Waals surface area contributed by atoms with Gasteiger partial charge in [0, 0.05) is 31.0 Å². The second-order valence-electron chi connectivity index (χ2n) is 9.31. The van der Waals surface area contributed by atoms with Gasteiger partial charge in [0.2, 0.25) is 15.9 Å². The minimum atomic E-state index is -3.60. The Morgan fingerprint density at radius 2 is 1.51 bits per heavy atom. The van der Waals surface area contributed by atoms with Crippen LogP contribution in [0, 0.1) is 5.92 Å². The number of carbonyl (C=O) groups is 2. The number of carbonyl (C=O) groups excluding carboxylic acids is 2. The molecule has 8 heteroatoms. The number of hydrogen-bond acceptors (Lipinski definition) is 4. The van der Waals surface area contributed by atoms with E-state index in [1.807, 2.05) is 0 Å². The van der Waals surface area contributed by atoms with E-state index in [0.717, 1.165) is 12.7 Å². The molecule has 0 saturated heterocycles. The van der Waals surface area contributed by atoms with Crippen molar-refractivity contribution in [2.75, 3.05) is 22.8 Å². The van der Waals surface area contributed by atoms with Gasteiger partial charge in [-0.05, 0) is 52.8 Å². The van der Waals surface area contributed by atoms with Crippen LogP contribution in [0.25, 0.3) is 0 Å². The van der Waals surface area contributed by atoms with Crippen LogP contribution in [0.15, 0.2) is 66.7 Å². The van der Waals surface area contributed by atoms with Crippen LogP contribution in [0.3, 0.4) is 0 Å². The molecule has 0 aliphatic heterocycles. The maximum atomic E-state index is 13.3. The topological polar surface area (TPSA) is 104 Å². The summed E-state index contributed by atoms with van der Waals surface area (Å²) in [4.78, 5) is 24.8. The van der Waals surface area contributed by atoms with Gasteiger partial charge in [0.25, 0.3) is 5.91 Å². The van der Waals surface area contributed by atoms with Crippen LogP contribution in [0.2, 0.25) is 0 Å². The summed E-state index contributed by atoms with van der Waals surface area (Å²) in [6.07, 6.45) is 1.96. The SMILES string of the molecule is CC(=O)Nc1ccc(NS(C)(=O)=O)c(C(=O)NCC2CC3c4ccccc4C2c2ccccc23)c1. The number of benzene rings is 3. The molecule has 0 spiro atoms. The van der Waals surface area contributed by atoms with Gasteiger partial charge in [-0.1, -0.05) is 48.5 Å². The molecule has 35 heavy (non-hydrogen) atoms. The fraction of sp³-hybridized carbons (Fsp3) is 0.259. The Kier molecular flexibility index (Phi) is 5.84. The molecule has 0 radical (unpaired) electrons. The Bertz CT molecular complexity index is 1390. The molecule has 6 rings (SSSR count). The van der Waals surface area contributed by atoms with Crippen molar-refractivity contribution in [3.8, 4) is 0 Å². The van der Waals surface area contributed by atoms with E-state index >= 15 is 0 Å². The van der Waals surface area contributed by atoms with Crippen molar-refractivity contribution in [1.82, 2.24) is 5.32 Å². The second kappa shape index (κ2) is 8.85. The molecule has 2 amide bonds. The number of sulfonamides is 1. The highest BCUT2D eigenvalue weighted by Crippen LogP contribution is 2.55. The molecule has 3 N–H and O–H groups in total. The number of rotatable bonds is 6. The summed E-state index contributed by atoms with van der Waals surface area (Å²) in [5.74, 6) is 0.00703. The van der Waals surface area contributed by atoms with Gasteiger partial charge in [0.05, 0.1) is 17.5 Å². The third-order valence-electron chi connectivity index (χ3n) is 6.83. The standard InChI is InChI=1S/C27H27N3O4S/c1-16(31)29-18-11-12-25(30-35(2,33)34)24(14-18)27(32)28-15-17-13-23-19-7-3-5-9-21(19)26(17)22-10-6-4-8-20(22)23/h3-12,14,17,23,26,30H,13,15H2,1-2H3,(H,28,32)(H,29,31). The molecule has 3 aliphatic rings. The third kappa shape index (κ3) is 4.53. The van der Waals surface area contributed by atoms with Crippen LogP contribution in [0.5, 0.6) is 0 Å². The molecule has 0 heterocycles. The molecule has 0 fully saturated rings. The van der Waals surface area contributed by atoms with E-state index in [1.165, 1.54) is 41.3 Å². The molecular formula is C27H27N3O4S. The van der Waals surface area contributed by atoms with E-state index in [-0.39, 0.29) is 29.0 Å². The monoisotopic (exact) mass is 489 g/mol. The van der Waals surface area contributed by atoms with Crippen LogP contribution in [-0.4, -0.2) is 33.0 Å². The van der Waals surface area contributed by atoms with Crippen LogP contribution in [0.1, 0.15) is 57.8 Å². The van der Waals surface area contributed by atoms with Crippen LogP contribution in [0.4, 0.5) is 11.4 Å². The van der Waals surface area contributed by atoms with Gasteiger partial charge in [0.15, 0.2) is 0 Å². The number of nitrogens with one attached hydrogen (secondary N) is 3. The Balaban J connectivity index is 1.42. The summed E-state index contributed by atoms with van der Waals surface area (Å²) in [5, 5.41) is 5.68. The summed E-state index contributed by atoms with van der Waals surface area (Å²) >= 11 is 0. The first-order valence-corrected chi connectivity index (χ1v) is 13.5. The van der Waals surface area contributed by atoms with Crippen LogP contribution < -0.4 is 15.4 Å². The van der Waals surface area contributed by atoms with Gasteiger partial charge in [-0.15, -0.1) is 0 Å². The van der Waals surface area contributed by atoms with Crippen molar-refractivity contribution in [3.63, 3.8) is 0 Å². The third-order valence-corrected chi connectivity index (χ3v) is 7.42. The maximum absolute atomic E-state index is 13.3. The summed E-state index contributed by atoms with van der Waals surface area (Å²) in [6, 6.07) is 21.6. The molecule has 0 aromatic heterocycles. The van der Waals surface area contributed by atoms with E-state index in [1.54, 1.807) is 6.07 Å². The van der Waals surface area contributed by atoms with Crippen molar-refractivity contribution in [1.29, 1.82) is 0 Å². The van der Waals surface area contributed by atoms with Crippen LogP contribution in [-0.2, 0) is 14.8 Å². The zero-order chi connectivity index (χ0) is 24.7. The average molecular weight is 490 g/mol. The lowest BCUT2D eigenvalue weighted by Gasteiger charge is -2.45. The lowest BCUT2D eigenvalue weighted by molar-refractivity contribution is -0.114. The highest BCUT2D eigenvalue weighted by Gasteiger charge is 2.42. The molecule has 180 valence electrons. The normalized spacial score (nSPS) is 19.9. The second-order valence-corrected chi connectivity index (χ2v) is 11.1. The quantitative estimate of drug-likeness (QED) is 0.486. The molecule has 3 aromatic carbocycles. The predicted molar refractivity (Wildman–Crippen MR) is 136 cm³/mol. The van der Waals surface area contributed by atoms with Gasteiger partial charge in [-0.25, -0.2) is 8.42 Å². The zero-order valence-electron chi connectivity index (χ0n) is 19.5. The van der Waals surface area contributed by atoms with Gasteiger partial charge in [-0.2, -0.15) is 0 Å². The molecule has 0 saturated carbocycles. The smallest absolute Gasteiger partial charge is 0.253 e. The highest BCUT2D eigenvalue weighted by molar-refractivity contribution is 7.92. The molecule has 1 unspecified atom stereocenters. The summed E-state index contributed by atoms with van der Waals surface area (Å²) in [5.41, 5.74) is 6.09. The molecule has 2 bridgehead atoms. The summed E-state index contributed by atoms with van der Waals surface area (Å²) in [6.45, 7) is 1.82. The van der Waals surface area contributed by atoms with Crippen molar-refractivity contribution in [3.05, 3.63) is 94.5 Å². The first-order chi connectivity index (χ1) is 16.7. The lowest BCUT2D eigenvalue weighted by Crippen LogP contribution is -2.39. The Labute approximate surface area is 205 Å². The molecule has 3 aliphatic carbocycles. The number of hydrogen-bond donors (Lipinski definition) is 3. The van der Waals surface area contributed by atoms with E-state index in [0.29, 0.717) is 18.2 Å². The largest absolute Gasteiger partial charge is 0.352 e. The minimum Gasteiger partial charge on any atom is -0.352 e. The van der Waals surface area contributed by atoms with E-state index in [9.17, 15) is 18.0 Å². The predicted octanol–water partition coefficient (Wildman–Crippen LogP) is 4.04. The van der Waals surface area contributed by atoms with E-state index in [2.05, 4.69) is 63.9 Å². The zero-order valence-corrected chi connectivity index (χ0v) is 20.4. The number of fused-ring (bicyclic) bond motifs is 1.